The Morgan fingerprint density at radius 2 is 1.24 bits per heavy atom. The number of rotatable bonds is 20. The summed E-state index contributed by atoms with van der Waals surface area (Å²) in [4.78, 5) is 22.0. The van der Waals surface area contributed by atoms with Crippen molar-refractivity contribution in [3.8, 4) is 0 Å². The van der Waals surface area contributed by atoms with Gasteiger partial charge in [-0.15, -0.1) is 0 Å². The number of esters is 1. The molecule has 1 atom stereocenters. The largest absolute Gasteiger partial charge is 0.479 e. The second kappa shape index (κ2) is 21.1. The molecule has 4 nitrogen and oxygen atoms in total. The minimum Gasteiger partial charge on any atom is -0.479 e. The molecule has 0 saturated carbocycles. The van der Waals surface area contributed by atoms with E-state index in [9.17, 15) is 9.59 Å². The first kappa shape index (κ1) is 27.4. The van der Waals surface area contributed by atoms with Crippen LogP contribution in [0.5, 0.6) is 0 Å². The number of allylic oxidation sites excluding steroid dienone is 4. The van der Waals surface area contributed by atoms with Gasteiger partial charge in [0.05, 0.1) is 0 Å². The maximum absolute atomic E-state index is 11.4. The Hall–Kier alpha value is -1.58. The Kier molecular flexibility index (Phi) is 20.0. The minimum absolute atomic E-state index is 0.319. The number of carboxylic acids is 1. The zero-order chi connectivity index (χ0) is 21.6. The summed E-state index contributed by atoms with van der Waals surface area (Å²) < 4.78 is 4.80. The summed E-state index contributed by atoms with van der Waals surface area (Å²) in [6, 6.07) is 0. The molecule has 0 radical (unpaired) electrons. The molecule has 0 amide bonds. The molecular formula is C25H44O4. The zero-order valence-electron chi connectivity index (χ0n) is 18.9. The van der Waals surface area contributed by atoms with Crippen LogP contribution in [0.3, 0.4) is 0 Å². The second-order valence-corrected chi connectivity index (χ2v) is 7.87. The Morgan fingerprint density at radius 3 is 1.76 bits per heavy atom. The van der Waals surface area contributed by atoms with Gasteiger partial charge in [-0.2, -0.15) is 0 Å². The van der Waals surface area contributed by atoms with Crippen molar-refractivity contribution >= 4 is 11.9 Å². The quantitative estimate of drug-likeness (QED) is 0.130. The molecular weight excluding hydrogens is 364 g/mol. The van der Waals surface area contributed by atoms with Crippen LogP contribution >= 0.6 is 0 Å². The highest BCUT2D eigenvalue weighted by Crippen LogP contribution is 2.12. The number of carboxylic acid groups (broad SMARTS) is 1. The summed E-state index contributed by atoms with van der Waals surface area (Å²) in [6.07, 6.45) is 26.5. The predicted molar refractivity (Wildman–Crippen MR) is 121 cm³/mol. The molecule has 1 unspecified atom stereocenters. The Bertz CT molecular complexity index is 454. The SMILES string of the molecule is CCCCC/C=C\C/C=C\CCCCCCCCCCCC(=O)OC(C)C(=O)O. The summed E-state index contributed by atoms with van der Waals surface area (Å²) in [5.41, 5.74) is 0. The van der Waals surface area contributed by atoms with Crippen LogP contribution in [0.15, 0.2) is 24.3 Å². The van der Waals surface area contributed by atoms with Crippen molar-refractivity contribution in [3.05, 3.63) is 24.3 Å². The van der Waals surface area contributed by atoms with Gasteiger partial charge in [0.1, 0.15) is 0 Å². The number of aliphatic carboxylic acids is 1. The third-order valence-corrected chi connectivity index (χ3v) is 4.99. The van der Waals surface area contributed by atoms with Crippen molar-refractivity contribution in [2.24, 2.45) is 0 Å². The summed E-state index contributed by atoms with van der Waals surface area (Å²) in [5, 5.41) is 8.68. The van der Waals surface area contributed by atoms with Gasteiger partial charge >= 0.3 is 11.9 Å². The van der Waals surface area contributed by atoms with Crippen LogP contribution in [0.25, 0.3) is 0 Å². The molecule has 168 valence electrons. The van der Waals surface area contributed by atoms with E-state index in [2.05, 4.69) is 31.2 Å². The first-order valence-corrected chi connectivity index (χ1v) is 11.8. The van der Waals surface area contributed by atoms with Crippen LogP contribution in [0.2, 0.25) is 0 Å². The van der Waals surface area contributed by atoms with E-state index in [1.165, 1.54) is 77.6 Å². The highest BCUT2D eigenvalue weighted by Gasteiger charge is 2.15. The van der Waals surface area contributed by atoms with Crippen molar-refractivity contribution in [1.29, 1.82) is 0 Å². The fraction of sp³-hybridized carbons (Fsp3) is 0.760. The van der Waals surface area contributed by atoms with Crippen LogP contribution in [0.1, 0.15) is 117 Å². The number of carbonyl (C=O) groups is 2. The van der Waals surface area contributed by atoms with E-state index < -0.39 is 18.0 Å². The molecule has 0 aromatic heterocycles. The molecule has 0 spiro atoms. The molecule has 0 heterocycles. The maximum Gasteiger partial charge on any atom is 0.344 e. The van der Waals surface area contributed by atoms with Crippen molar-refractivity contribution in [2.75, 3.05) is 0 Å². The Labute approximate surface area is 178 Å². The normalized spacial score (nSPS) is 12.6. The van der Waals surface area contributed by atoms with Gasteiger partial charge < -0.3 is 9.84 Å². The molecule has 29 heavy (non-hydrogen) atoms. The van der Waals surface area contributed by atoms with Crippen LogP contribution in [0, 0.1) is 0 Å². The van der Waals surface area contributed by atoms with E-state index in [1.54, 1.807) is 0 Å². The van der Waals surface area contributed by atoms with Crippen LogP contribution < -0.4 is 0 Å². The summed E-state index contributed by atoms with van der Waals surface area (Å²) in [7, 11) is 0. The van der Waals surface area contributed by atoms with Gasteiger partial charge in [0.15, 0.2) is 6.10 Å². The third kappa shape index (κ3) is 21.0. The molecule has 0 rings (SSSR count). The lowest BCUT2D eigenvalue weighted by Gasteiger charge is -2.08. The lowest BCUT2D eigenvalue weighted by molar-refractivity contribution is -0.162. The van der Waals surface area contributed by atoms with Gasteiger partial charge in [-0.05, 0) is 45.4 Å². The van der Waals surface area contributed by atoms with E-state index in [4.69, 9.17) is 9.84 Å². The monoisotopic (exact) mass is 408 g/mol. The molecule has 0 saturated heterocycles. The summed E-state index contributed by atoms with van der Waals surface area (Å²) in [5.74, 6) is -1.50. The zero-order valence-corrected chi connectivity index (χ0v) is 18.9. The lowest BCUT2D eigenvalue weighted by Crippen LogP contribution is -2.23. The average Bonchev–Trinajstić information content (AvgIpc) is 2.69. The van der Waals surface area contributed by atoms with Gasteiger partial charge in [0.2, 0.25) is 0 Å². The molecule has 0 aliphatic heterocycles. The molecule has 1 N–H and O–H groups in total. The van der Waals surface area contributed by atoms with E-state index in [1.807, 2.05) is 0 Å². The molecule has 0 aromatic rings. The minimum atomic E-state index is -1.10. The summed E-state index contributed by atoms with van der Waals surface area (Å²) in [6.45, 7) is 3.62. The average molecular weight is 409 g/mol. The maximum atomic E-state index is 11.4. The van der Waals surface area contributed by atoms with Crippen molar-refractivity contribution in [3.63, 3.8) is 0 Å². The van der Waals surface area contributed by atoms with E-state index in [0.717, 1.165) is 25.7 Å². The molecule has 0 aliphatic rings. The fourth-order valence-electron chi connectivity index (χ4n) is 3.09. The van der Waals surface area contributed by atoms with Crippen molar-refractivity contribution in [2.45, 2.75) is 123 Å². The van der Waals surface area contributed by atoms with Gasteiger partial charge in [-0.1, -0.05) is 89.0 Å². The number of unbranched alkanes of at least 4 members (excludes halogenated alkanes) is 12. The highest BCUT2D eigenvalue weighted by molar-refractivity contribution is 5.77. The van der Waals surface area contributed by atoms with Crippen molar-refractivity contribution in [1.82, 2.24) is 0 Å². The Morgan fingerprint density at radius 1 is 0.759 bits per heavy atom. The van der Waals surface area contributed by atoms with Gasteiger partial charge in [0, 0.05) is 6.42 Å². The molecule has 4 heteroatoms. The van der Waals surface area contributed by atoms with E-state index in [0.29, 0.717) is 6.42 Å². The number of hydrogen-bond acceptors (Lipinski definition) is 3. The highest BCUT2D eigenvalue weighted by atomic mass is 16.6. The predicted octanol–water partition coefficient (Wildman–Crippen LogP) is 7.38. The van der Waals surface area contributed by atoms with Crippen molar-refractivity contribution < 1.29 is 19.4 Å². The van der Waals surface area contributed by atoms with Crippen LogP contribution in [-0.2, 0) is 14.3 Å². The first-order valence-electron chi connectivity index (χ1n) is 11.8. The third-order valence-electron chi connectivity index (χ3n) is 4.99. The number of hydrogen-bond donors (Lipinski definition) is 1. The second-order valence-electron chi connectivity index (χ2n) is 7.87. The lowest BCUT2D eigenvalue weighted by atomic mass is 10.1. The molecule has 0 fully saturated rings. The smallest absolute Gasteiger partial charge is 0.344 e. The summed E-state index contributed by atoms with van der Waals surface area (Å²) >= 11 is 0. The number of carbonyl (C=O) groups excluding carboxylic acids is 1. The molecule has 0 aromatic carbocycles. The van der Waals surface area contributed by atoms with Gasteiger partial charge in [-0.25, -0.2) is 4.79 Å². The fourth-order valence-corrected chi connectivity index (χ4v) is 3.09. The Balaban J connectivity index is 3.28. The topological polar surface area (TPSA) is 63.6 Å². The first-order chi connectivity index (χ1) is 14.1. The van der Waals surface area contributed by atoms with Gasteiger partial charge in [-0.3, -0.25) is 4.79 Å². The molecule has 0 aliphatic carbocycles. The van der Waals surface area contributed by atoms with Crippen LogP contribution in [-0.4, -0.2) is 23.1 Å². The van der Waals surface area contributed by atoms with Crippen LogP contribution in [0.4, 0.5) is 0 Å². The van der Waals surface area contributed by atoms with E-state index >= 15 is 0 Å². The standard InChI is InChI=1S/C25H44O4/c1-3-4-5-6-7-8-9-10-11-12-13-14-15-16-17-18-19-20-21-22-24(26)29-23(2)25(27)28/h7-8,10-11,23H,3-6,9,12-22H2,1-2H3,(H,27,28)/b8-7-,11-10-. The number of ether oxygens (including phenoxy) is 1. The van der Waals surface area contributed by atoms with E-state index in [-0.39, 0.29) is 0 Å². The van der Waals surface area contributed by atoms with Gasteiger partial charge in [0.25, 0.3) is 0 Å². The molecule has 0 bridgehead atoms.